The summed E-state index contributed by atoms with van der Waals surface area (Å²) in [7, 11) is 0. The van der Waals surface area contributed by atoms with Gasteiger partial charge >= 0.3 is 0 Å². The van der Waals surface area contributed by atoms with Crippen molar-refractivity contribution in [3.63, 3.8) is 0 Å². The van der Waals surface area contributed by atoms with Crippen molar-refractivity contribution in [1.82, 2.24) is 4.98 Å². The monoisotopic (exact) mass is 367 g/mol. The first kappa shape index (κ1) is 20.0. The van der Waals surface area contributed by atoms with E-state index in [0.717, 1.165) is 48.4 Å². The predicted octanol–water partition coefficient (Wildman–Crippen LogP) is 7.69. The van der Waals surface area contributed by atoms with E-state index in [9.17, 15) is 4.39 Å². The maximum Gasteiger partial charge on any atom is 0.127 e. The van der Waals surface area contributed by atoms with E-state index in [2.05, 4.69) is 24.9 Å². The van der Waals surface area contributed by atoms with Crippen molar-refractivity contribution >= 4 is 0 Å². The SMILES string of the molecule is CCCCCC1CCC(c2ccc(-c3ccc(CCC)cn3)cc2F)CC1. The van der Waals surface area contributed by atoms with Crippen molar-refractivity contribution in [2.24, 2.45) is 5.92 Å². The zero-order valence-corrected chi connectivity index (χ0v) is 17.0. The summed E-state index contributed by atoms with van der Waals surface area (Å²) in [5.74, 6) is 1.20. The molecule has 1 aromatic carbocycles. The van der Waals surface area contributed by atoms with Crippen molar-refractivity contribution in [3.8, 4) is 11.3 Å². The van der Waals surface area contributed by atoms with E-state index < -0.39 is 0 Å². The molecule has 0 N–H and O–H groups in total. The second kappa shape index (κ2) is 10.0. The maximum absolute atomic E-state index is 14.8. The van der Waals surface area contributed by atoms with E-state index in [1.165, 1.54) is 44.1 Å². The lowest BCUT2D eigenvalue weighted by atomic mass is 9.76. The van der Waals surface area contributed by atoms with Gasteiger partial charge in [-0.15, -0.1) is 0 Å². The van der Waals surface area contributed by atoms with Crippen LogP contribution in [-0.2, 0) is 6.42 Å². The van der Waals surface area contributed by atoms with E-state index in [-0.39, 0.29) is 5.82 Å². The molecule has 0 unspecified atom stereocenters. The van der Waals surface area contributed by atoms with Crippen LogP contribution in [0.25, 0.3) is 11.3 Å². The average Bonchev–Trinajstić information content (AvgIpc) is 2.70. The van der Waals surface area contributed by atoms with Gasteiger partial charge in [-0.1, -0.05) is 64.2 Å². The number of benzene rings is 1. The molecular weight excluding hydrogens is 333 g/mol. The molecule has 2 heteroatoms. The van der Waals surface area contributed by atoms with Crippen LogP contribution in [0.1, 0.15) is 88.7 Å². The molecule has 0 amide bonds. The Morgan fingerprint density at radius 3 is 2.41 bits per heavy atom. The van der Waals surface area contributed by atoms with Crippen LogP contribution in [0.4, 0.5) is 4.39 Å². The van der Waals surface area contributed by atoms with Gasteiger partial charge in [-0.3, -0.25) is 4.98 Å². The Hall–Kier alpha value is -1.70. The molecule has 1 aromatic heterocycles. The molecule has 0 saturated heterocycles. The lowest BCUT2D eigenvalue weighted by Crippen LogP contribution is -2.14. The van der Waals surface area contributed by atoms with Crippen molar-refractivity contribution in [1.29, 1.82) is 0 Å². The third kappa shape index (κ3) is 5.40. The third-order valence-electron chi connectivity index (χ3n) is 6.16. The highest BCUT2D eigenvalue weighted by Crippen LogP contribution is 2.39. The molecular formula is C25H34FN. The Morgan fingerprint density at radius 1 is 0.963 bits per heavy atom. The molecule has 3 rings (SSSR count). The van der Waals surface area contributed by atoms with Gasteiger partial charge in [0.15, 0.2) is 0 Å². The zero-order valence-electron chi connectivity index (χ0n) is 17.0. The number of hydrogen-bond acceptors (Lipinski definition) is 1. The Bertz CT molecular complexity index is 699. The normalized spacial score (nSPS) is 20.0. The molecule has 146 valence electrons. The lowest BCUT2D eigenvalue weighted by molar-refractivity contribution is 0.299. The molecule has 1 heterocycles. The van der Waals surface area contributed by atoms with E-state index in [0.29, 0.717) is 5.92 Å². The number of aryl methyl sites for hydroxylation is 1. The number of aromatic nitrogens is 1. The van der Waals surface area contributed by atoms with Gasteiger partial charge in [-0.2, -0.15) is 0 Å². The number of rotatable bonds is 8. The largest absolute Gasteiger partial charge is 0.256 e. The van der Waals surface area contributed by atoms with Gasteiger partial charge in [0, 0.05) is 11.8 Å². The lowest BCUT2D eigenvalue weighted by Gasteiger charge is -2.29. The van der Waals surface area contributed by atoms with Crippen molar-refractivity contribution in [2.75, 3.05) is 0 Å². The first-order valence-electron chi connectivity index (χ1n) is 11.0. The topological polar surface area (TPSA) is 12.9 Å². The molecule has 1 aliphatic rings. The summed E-state index contributed by atoms with van der Waals surface area (Å²) < 4.78 is 14.8. The van der Waals surface area contributed by atoms with E-state index in [4.69, 9.17) is 0 Å². The van der Waals surface area contributed by atoms with Gasteiger partial charge in [0.2, 0.25) is 0 Å². The number of hydrogen-bond donors (Lipinski definition) is 0. The summed E-state index contributed by atoms with van der Waals surface area (Å²) in [4.78, 5) is 4.53. The minimum absolute atomic E-state index is 0.0543. The van der Waals surface area contributed by atoms with Gasteiger partial charge in [0.1, 0.15) is 5.82 Å². The van der Waals surface area contributed by atoms with Crippen LogP contribution in [0.2, 0.25) is 0 Å². The molecule has 1 fully saturated rings. The Labute approximate surface area is 164 Å². The zero-order chi connectivity index (χ0) is 19.1. The molecule has 1 aliphatic carbocycles. The summed E-state index contributed by atoms with van der Waals surface area (Å²) >= 11 is 0. The smallest absolute Gasteiger partial charge is 0.127 e. The van der Waals surface area contributed by atoms with Crippen LogP contribution in [0.15, 0.2) is 36.5 Å². The number of unbranched alkanes of at least 4 members (excludes halogenated alkanes) is 2. The first-order valence-corrected chi connectivity index (χ1v) is 11.0. The van der Waals surface area contributed by atoms with Crippen molar-refractivity contribution < 1.29 is 4.39 Å². The summed E-state index contributed by atoms with van der Waals surface area (Å²) in [5.41, 5.74) is 3.90. The van der Waals surface area contributed by atoms with Crippen molar-refractivity contribution in [3.05, 3.63) is 53.5 Å². The minimum Gasteiger partial charge on any atom is -0.256 e. The maximum atomic E-state index is 14.8. The summed E-state index contributed by atoms with van der Waals surface area (Å²) in [6, 6.07) is 9.87. The Kier molecular flexibility index (Phi) is 7.43. The molecule has 27 heavy (non-hydrogen) atoms. The molecule has 1 nitrogen and oxygen atoms in total. The Balaban J connectivity index is 1.62. The van der Waals surface area contributed by atoms with E-state index in [1.54, 1.807) is 6.07 Å². The second-order valence-electron chi connectivity index (χ2n) is 8.25. The third-order valence-corrected chi connectivity index (χ3v) is 6.16. The van der Waals surface area contributed by atoms with Gasteiger partial charge < -0.3 is 0 Å². The van der Waals surface area contributed by atoms with Gasteiger partial charge in [0.25, 0.3) is 0 Å². The molecule has 0 spiro atoms. The van der Waals surface area contributed by atoms with Crippen LogP contribution in [0.5, 0.6) is 0 Å². The first-order chi connectivity index (χ1) is 13.2. The van der Waals surface area contributed by atoms with Gasteiger partial charge in [-0.05, 0) is 67.2 Å². The highest BCUT2D eigenvalue weighted by Gasteiger charge is 2.24. The fourth-order valence-electron chi connectivity index (χ4n) is 4.49. The number of nitrogens with zero attached hydrogens (tertiary/aromatic N) is 1. The summed E-state index contributed by atoms with van der Waals surface area (Å²) in [6.07, 6.45) is 14.2. The summed E-state index contributed by atoms with van der Waals surface area (Å²) in [5, 5.41) is 0. The van der Waals surface area contributed by atoms with Crippen LogP contribution < -0.4 is 0 Å². The minimum atomic E-state index is -0.0543. The predicted molar refractivity (Wildman–Crippen MR) is 112 cm³/mol. The fraction of sp³-hybridized carbons (Fsp3) is 0.560. The average molecular weight is 368 g/mol. The molecule has 0 aliphatic heterocycles. The molecule has 0 radical (unpaired) electrons. The van der Waals surface area contributed by atoms with E-state index in [1.807, 2.05) is 24.4 Å². The highest BCUT2D eigenvalue weighted by molar-refractivity contribution is 5.60. The Morgan fingerprint density at radius 2 is 1.78 bits per heavy atom. The molecule has 2 aromatic rings. The number of halogens is 1. The van der Waals surface area contributed by atoms with Gasteiger partial charge in [-0.25, -0.2) is 4.39 Å². The fourth-order valence-corrected chi connectivity index (χ4v) is 4.49. The van der Waals surface area contributed by atoms with Crippen LogP contribution in [-0.4, -0.2) is 4.98 Å². The highest BCUT2D eigenvalue weighted by atomic mass is 19.1. The van der Waals surface area contributed by atoms with Crippen LogP contribution in [0.3, 0.4) is 0 Å². The number of pyridine rings is 1. The van der Waals surface area contributed by atoms with Gasteiger partial charge in [0.05, 0.1) is 5.69 Å². The second-order valence-corrected chi connectivity index (χ2v) is 8.25. The molecule has 1 saturated carbocycles. The van der Waals surface area contributed by atoms with E-state index >= 15 is 0 Å². The quantitative estimate of drug-likeness (QED) is 0.436. The standard InChI is InChI=1S/C25H34FN/c1-3-5-6-8-19-9-12-21(13-10-19)23-15-14-22(17-24(23)26)25-16-11-20(7-4-2)18-27-25/h11,14-19,21H,3-10,12-13H2,1-2H3. The van der Waals surface area contributed by atoms with Crippen LogP contribution in [0, 0.1) is 11.7 Å². The van der Waals surface area contributed by atoms with Crippen LogP contribution >= 0.6 is 0 Å². The van der Waals surface area contributed by atoms with Crippen molar-refractivity contribution in [2.45, 2.75) is 84.0 Å². The summed E-state index contributed by atoms with van der Waals surface area (Å²) in [6.45, 7) is 4.43. The molecule has 0 bridgehead atoms. The molecule has 0 atom stereocenters.